The average molecular weight is 186 g/mol. The summed E-state index contributed by atoms with van der Waals surface area (Å²) in [6.45, 7) is 2.83. The van der Waals surface area contributed by atoms with Crippen LogP contribution in [0.2, 0.25) is 0 Å². The van der Waals surface area contributed by atoms with Crippen LogP contribution in [-0.4, -0.2) is 24.0 Å². The van der Waals surface area contributed by atoms with Crippen molar-refractivity contribution in [1.29, 1.82) is 5.26 Å². The Morgan fingerprint density at radius 1 is 1.67 bits per heavy atom. The Morgan fingerprint density at radius 3 is 3.00 bits per heavy atom. The molecule has 1 N–H and O–H groups in total. The fourth-order valence-corrected chi connectivity index (χ4v) is 1.13. The second-order valence-corrected chi connectivity index (χ2v) is 3.34. The molecule has 0 fully saturated rings. The molecule has 1 amide bonds. The molecule has 0 saturated carbocycles. The van der Waals surface area contributed by atoms with Gasteiger partial charge in [-0.1, -0.05) is 13.3 Å². The molecule has 0 aromatic heterocycles. The number of amides is 1. The maximum absolute atomic E-state index is 11.0. The Labute approximate surface area is 77.5 Å². The summed E-state index contributed by atoms with van der Waals surface area (Å²) in [5, 5.41) is 11.0. The number of nitrogens with one attached hydrogen (secondary N) is 1. The zero-order valence-corrected chi connectivity index (χ0v) is 8.12. The van der Waals surface area contributed by atoms with Crippen LogP contribution in [0, 0.1) is 11.3 Å². The van der Waals surface area contributed by atoms with Crippen LogP contribution in [0.15, 0.2) is 0 Å². The van der Waals surface area contributed by atoms with E-state index in [0.29, 0.717) is 11.5 Å². The summed E-state index contributed by atoms with van der Waals surface area (Å²) >= 11 is 1.35. The van der Waals surface area contributed by atoms with Gasteiger partial charge in [-0.25, -0.2) is 0 Å². The molecule has 0 bridgehead atoms. The summed E-state index contributed by atoms with van der Waals surface area (Å²) in [6.07, 6.45) is 2.11. The lowest BCUT2D eigenvalue weighted by Crippen LogP contribution is -2.26. The summed E-state index contributed by atoms with van der Waals surface area (Å²) < 4.78 is 0. The first-order valence-electron chi connectivity index (χ1n) is 4.02. The first-order chi connectivity index (χ1) is 5.81. The minimum Gasteiger partial charge on any atom is -0.355 e. The van der Waals surface area contributed by atoms with Gasteiger partial charge in [-0.15, -0.1) is 11.8 Å². The summed E-state index contributed by atoms with van der Waals surface area (Å²) in [5.41, 5.74) is 0. The van der Waals surface area contributed by atoms with Gasteiger partial charge in [0.2, 0.25) is 5.91 Å². The van der Waals surface area contributed by atoms with E-state index in [4.69, 9.17) is 5.26 Å². The fourth-order valence-electron chi connectivity index (χ4n) is 0.645. The Bertz CT molecular complexity index is 165. The Kier molecular flexibility index (Phi) is 7.92. The number of nitrogens with zero attached hydrogens (tertiary/aromatic N) is 1. The molecule has 12 heavy (non-hydrogen) atoms. The van der Waals surface area contributed by atoms with E-state index in [9.17, 15) is 4.79 Å². The van der Waals surface area contributed by atoms with Gasteiger partial charge in [0, 0.05) is 6.54 Å². The fraction of sp³-hybridized carbons (Fsp3) is 0.750. The summed E-state index contributed by atoms with van der Waals surface area (Å²) in [6, 6.07) is 1.97. The van der Waals surface area contributed by atoms with Gasteiger partial charge < -0.3 is 5.32 Å². The first kappa shape index (κ1) is 11.3. The third-order valence-electron chi connectivity index (χ3n) is 1.25. The van der Waals surface area contributed by atoms with Crippen LogP contribution in [0.25, 0.3) is 0 Å². The predicted molar refractivity (Wildman–Crippen MR) is 50.9 cm³/mol. The van der Waals surface area contributed by atoms with Gasteiger partial charge in [0.25, 0.3) is 0 Å². The van der Waals surface area contributed by atoms with E-state index in [1.807, 2.05) is 6.07 Å². The van der Waals surface area contributed by atoms with Gasteiger partial charge in [-0.3, -0.25) is 4.79 Å². The van der Waals surface area contributed by atoms with Crippen molar-refractivity contribution >= 4 is 17.7 Å². The third kappa shape index (κ3) is 7.42. The zero-order chi connectivity index (χ0) is 9.23. The maximum atomic E-state index is 11.0. The number of unbranched alkanes of at least 4 members (excludes halogenated alkanes) is 1. The summed E-state index contributed by atoms with van der Waals surface area (Å²) in [4.78, 5) is 11.0. The molecular weight excluding hydrogens is 172 g/mol. The number of nitriles is 1. The third-order valence-corrected chi connectivity index (χ3v) is 2.05. The average Bonchev–Trinajstić information content (AvgIpc) is 2.06. The van der Waals surface area contributed by atoms with Crippen LogP contribution >= 0.6 is 11.8 Å². The molecule has 0 rings (SSSR count). The van der Waals surface area contributed by atoms with Crippen molar-refractivity contribution in [2.75, 3.05) is 18.1 Å². The minimum absolute atomic E-state index is 0.0312. The van der Waals surface area contributed by atoms with Gasteiger partial charge in [-0.2, -0.15) is 5.26 Å². The molecule has 0 heterocycles. The van der Waals surface area contributed by atoms with Crippen molar-refractivity contribution < 1.29 is 4.79 Å². The molecule has 0 aromatic carbocycles. The molecule has 0 atom stereocenters. The number of rotatable bonds is 6. The lowest BCUT2D eigenvalue weighted by Gasteiger charge is -2.01. The molecular formula is C8H14N2OS. The minimum atomic E-state index is 0.0312. The largest absolute Gasteiger partial charge is 0.355 e. The molecule has 68 valence electrons. The maximum Gasteiger partial charge on any atom is 0.230 e. The van der Waals surface area contributed by atoms with Gasteiger partial charge >= 0.3 is 0 Å². The lowest BCUT2D eigenvalue weighted by molar-refractivity contribution is -0.118. The van der Waals surface area contributed by atoms with Crippen LogP contribution in [0.3, 0.4) is 0 Å². The van der Waals surface area contributed by atoms with Crippen molar-refractivity contribution in [1.82, 2.24) is 5.32 Å². The number of thioether (sulfide) groups is 1. The molecule has 0 aliphatic carbocycles. The molecule has 0 unspecified atom stereocenters. The van der Waals surface area contributed by atoms with E-state index in [1.54, 1.807) is 0 Å². The van der Waals surface area contributed by atoms with Crippen molar-refractivity contribution in [2.45, 2.75) is 19.8 Å². The van der Waals surface area contributed by atoms with Crippen molar-refractivity contribution in [3.63, 3.8) is 0 Å². The zero-order valence-electron chi connectivity index (χ0n) is 7.30. The number of carbonyl (C=O) groups excluding carboxylic acids is 1. The first-order valence-corrected chi connectivity index (χ1v) is 5.18. The molecule has 0 aliphatic rings. The summed E-state index contributed by atoms with van der Waals surface area (Å²) in [5.74, 6) is 0.821. The van der Waals surface area contributed by atoms with Crippen LogP contribution in [0.1, 0.15) is 19.8 Å². The van der Waals surface area contributed by atoms with E-state index in [1.165, 1.54) is 11.8 Å². The Morgan fingerprint density at radius 2 is 2.42 bits per heavy atom. The smallest absolute Gasteiger partial charge is 0.230 e. The summed E-state index contributed by atoms with van der Waals surface area (Å²) in [7, 11) is 0. The molecule has 3 nitrogen and oxygen atoms in total. The quantitative estimate of drug-likeness (QED) is 0.633. The lowest BCUT2D eigenvalue weighted by atomic mass is 10.3. The second kappa shape index (κ2) is 8.41. The second-order valence-electron chi connectivity index (χ2n) is 2.35. The van der Waals surface area contributed by atoms with Gasteiger partial charge in [0.15, 0.2) is 0 Å². The van der Waals surface area contributed by atoms with E-state index in [2.05, 4.69) is 12.2 Å². The SMILES string of the molecule is CCCCNC(=O)CSCC#N. The highest BCUT2D eigenvalue weighted by molar-refractivity contribution is 8.00. The Balaban J connectivity index is 3.17. The molecule has 0 aliphatic heterocycles. The van der Waals surface area contributed by atoms with Gasteiger partial charge in [0.1, 0.15) is 0 Å². The molecule has 0 saturated heterocycles. The molecule has 4 heteroatoms. The number of hydrogen-bond donors (Lipinski definition) is 1. The molecule has 0 spiro atoms. The van der Waals surface area contributed by atoms with Crippen LogP contribution in [0.5, 0.6) is 0 Å². The van der Waals surface area contributed by atoms with E-state index in [0.717, 1.165) is 19.4 Å². The van der Waals surface area contributed by atoms with Crippen LogP contribution in [-0.2, 0) is 4.79 Å². The normalized spacial score (nSPS) is 9.00. The number of carbonyl (C=O) groups is 1. The van der Waals surface area contributed by atoms with Gasteiger partial charge in [-0.05, 0) is 6.42 Å². The monoisotopic (exact) mass is 186 g/mol. The van der Waals surface area contributed by atoms with Gasteiger partial charge in [0.05, 0.1) is 17.6 Å². The van der Waals surface area contributed by atoms with E-state index >= 15 is 0 Å². The van der Waals surface area contributed by atoms with Crippen molar-refractivity contribution in [3.8, 4) is 6.07 Å². The van der Waals surface area contributed by atoms with Crippen LogP contribution in [0.4, 0.5) is 0 Å². The van der Waals surface area contributed by atoms with Crippen molar-refractivity contribution in [3.05, 3.63) is 0 Å². The highest BCUT2D eigenvalue weighted by Crippen LogP contribution is 1.96. The molecule has 0 aromatic rings. The van der Waals surface area contributed by atoms with E-state index < -0.39 is 0 Å². The number of hydrogen-bond acceptors (Lipinski definition) is 3. The van der Waals surface area contributed by atoms with E-state index in [-0.39, 0.29) is 5.91 Å². The highest BCUT2D eigenvalue weighted by atomic mass is 32.2. The topological polar surface area (TPSA) is 52.9 Å². The van der Waals surface area contributed by atoms with Crippen LogP contribution < -0.4 is 5.32 Å². The highest BCUT2D eigenvalue weighted by Gasteiger charge is 1.98. The van der Waals surface area contributed by atoms with Crippen molar-refractivity contribution in [2.24, 2.45) is 0 Å². The molecule has 0 radical (unpaired) electrons. The predicted octanol–water partition coefficient (Wildman–Crippen LogP) is 1.16. The Hall–Kier alpha value is -0.690. The standard InChI is InChI=1S/C8H14N2OS/c1-2-3-5-10-8(11)7-12-6-4-9/h2-3,5-7H2,1H3,(H,10,11).